The van der Waals surface area contributed by atoms with Crippen molar-refractivity contribution >= 4 is 31.3 Å². The summed E-state index contributed by atoms with van der Waals surface area (Å²) in [7, 11) is -1.39. The van der Waals surface area contributed by atoms with E-state index in [0.29, 0.717) is 63.0 Å². The number of ether oxygens (including phenoxy) is 1. The lowest BCUT2D eigenvalue weighted by atomic mass is 9.90. The van der Waals surface area contributed by atoms with E-state index in [1.54, 1.807) is 41.1 Å². The van der Waals surface area contributed by atoms with Gasteiger partial charge in [0.2, 0.25) is 17.2 Å². The summed E-state index contributed by atoms with van der Waals surface area (Å²) >= 11 is 6.35. The summed E-state index contributed by atoms with van der Waals surface area (Å²) < 4.78 is 24.4. The molecule has 1 atom stereocenters. The fourth-order valence-corrected chi connectivity index (χ4v) is 6.69. The van der Waals surface area contributed by atoms with Gasteiger partial charge in [-0.05, 0) is 78.2 Å². The lowest BCUT2D eigenvalue weighted by Crippen LogP contribution is -2.44. The minimum atomic E-state index is -1.91. The lowest BCUT2D eigenvalue weighted by molar-refractivity contribution is -0.621. The number of benzene rings is 2. The largest absolute Gasteiger partial charge is 0.618 e. The van der Waals surface area contributed by atoms with Crippen molar-refractivity contribution in [1.82, 2.24) is 29.8 Å². The van der Waals surface area contributed by atoms with E-state index < -0.39 is 19.5 Å². The minimum Gasteiger partial charge on any atom is -0.618 e. The van der Waals surface area contributed by atoms with Crippen LogP contribution in [0.15, 0.2) is 67.3 Å². The van der Waals surface area contributed by atoms with Gasteiger partial charge in [0.05, 0.1) is 17.1 Å². The molecule has 0 aliphatic carbocycles. The molecule has 6 rings (SSSR count). The molecule has 0 fully saturated rings. The number of hydrogen-bond donors (Lipinski definition) is 2. The first-order chi connectivity index (χ1) is 22.9. The van der Waals surface area contributed by atoms with E-state index in [1.165, 1.54) is 35.4 Å². The number of nitrogens with one attached hydrogen (secondary N) is 1. The van der Waals surface area contributed by atoms with E-state index in [9.17, 15) is 19.5 Å². The molecule has 0 saturated carbocycles. The number of anilines is 1. The maximum atomic E-state index is 14.6. The second-order valence-corrected chi connectivity index (χ2v) is 19.2. The summed E-state index contributed by atoms with van der Waals surface area (Å²) in [6, 6.07) is 13.4. The summed E-state index contributed by atoms with van der Waals surface area (Å²) in [5, 5.41) is 41.3. The number of tetrazole rings is 1. The molecule has 4 heterocycles. The molecule has 3 aromatic heterocycles. The molecule has 15 heteroatoms. The fraction of sp³-hybridized carbons (Fsp3) is 0.333. The van der Waals surface area contributed by atoms with Crippen LogP contribution in [0, 0.1) is 11.0 Å². The predicted octanol–water partition coefficient (Wildman–Crippen LogP) is 5.68. The van der Waals surface area contributed by atoms with Crippen LogP contribution in [0.25, 0.3) is 28.1 Å². The highest BCUT2D eigenvalue weighted by Crippen LogP contribution is 2.38. The van der Waals surface area contributed by atoms with Crippen molar-refractivity contribution in [3.8, 4) is 28.1 Å². The third-order valence-corrected chi connectivity index (χ3v) is 10.2. The van der Waals surface area contributed by atoms with Gasteiger partial charge in [-0.1, -0.05) is 31.2 Å². The number of nitrogens with zero attached hydrogens (tertiary/aromatic N) is 7. The van der Waals surface area contributed by atoms with Crippen molar-refractivity contribution in [2.45, 2.75) is 63.7 Å². The maximum Gasteiger partial charge on any atom is 0.232 e. The summed E-state index contributed by atoms with van der Waals surface area (Å²) in [5.41, 5.74) is 0.877. The van der Waals surface area contributed by atoms with Crippen molar-refractivity contribution < 1.29 is 23.8 Å². The topological polar surface area (TPSA) is 147 Å². The van der Waals surface area contributed by atoms with Crippen LogP contribution in [0.4, 0.5) is 10.1 Å². The number of aromatic nitrogens is 7. The molecule has 0 saturated heterocycles. The molecular weight excluding hydrogens is 655 g/mol. The van der Waals surface area contributed by atoms with Gasteiger partial charge in [-0.15, -0.1) is 5.10 Å². The summed E-state index contributed by atoms with van der Waals surface area (Å²) in [6.07, 6.45) is 5.54. The zero-order valence-electron chi connectivity index (χ0n) is 26.9. The third-order valence-electron chi connectivity index (χ3n) is 8.30. The molecule has 0 radical (unpaired) electrons. The first-order valence-corrected chi connectivity index (χ1v) is 19.7. The van der Waals surface area contributed by atoms with Gasteiger partial charge in [0.1, 0.15) is 18.9 Å². The van der Waals surface area contributed by atoms with E-state index in [4.69, 9.17) is 21.3 Å². The molecule has 12 nitrogen and oxygen atoms in total. The quantitative estimate of drug-likeness (QED) is 0.0915. The average Bonchev–Trinajstić information content (AvgIpc) is 3.73. The van der Waals surface area contributed by atoms with Crippen molar-refractivity contribution in [2.24, 2.45) is 0 Å². The van der Waals surface area contributed by atoms with E-state index in [2.05, 4.69) is 40.5 Å². The number of rotatable bonds is 8. The fourth-order valence-electron chi connectivity index (χ4n) is 5.76. The van der Waals surface area contributed by atoms with Gasteiger partial charge in [-0.2, -0.15) is 9.41 Å². The molecule has 250 valence electrons. The second kappa shape index (κ2) is 13.5. The Labute approximate surface area is 282 Å². The van der Waals surface area contributed by atoms with Crippen LogP contribution in [0.2, 0.25) is 30.7 Å². The van der Waals surface area contributed by atoms with E-state index in [1.807, 2.05) is 0 Å². The molecule has 5 aromatic rings. The number of amides is 1. The highest BCUT2D eigenvalue weighted by Gasteiger charge is 2.43. The molecule has 1 unspecified atom stereocenters. The number of aliphatic hydroxyl groups is 1. The van der Waals surface area contributed by atoms with E-state index in [-0.39, 0.29) is 37.0 Å². The molecule has 0 spiro atoms. The van der Waals surface area contributed by atoms with Crippen LogP contribution in [-0.2, 0) is 21.9 Å². The molecule has 1 aliphatic rings. The molecule has 1 amide bonds. The normalized spacial score (nSPS) is 16.9. The molecule has 2 aromatic carbocycles. The minimum absolute atomic E-state index is 0.0266. The van der Waals surface area contributed by atoms with Gasteiger partial charge < -0.3 is 24.9 Å². The number of imidazole rings is 1. The van der Waals surface area contributed by atoms with Crippen molar-refractivity contribution in [2.75, 3.05) is 11.9 Å². The Morgan fingerprint density at radius 3 is 2.73 bits per heavy atom. The highest BCUT2D eigenvalue weighted by atomic mass is 35.5. The Balaban J connectivity index is 1.47. The number of carbonyl (C=O) groups excluding carboxylic acids is 1. The number of halogens is 2. The van der Waals surface area contributed by atoms with Crippen LogP contribution in [0.3, 0.4) is 0 Å². The maximum absolute atomic E-state index is 14.6. The smallest absolute Gasteiger partial charge is 0.232 e. The number of pyridine rings is 1. The van der Waals surface area contributed by atoms with Crippen LogP contribution >= 0.6 is 11.6 Å². The summed E-state index contributed by atoms with van der Waals surface area (Å²) in [4.78, 5) is 17.7. The lowest BCUT2D eigenvalue weighted by Gasteiger charge is -2.27. The van der Waals surface area contributed by atoms with Gasteiger partial charge in [-0.3, -0.25) is 4.79 Å². The Bertz CT molecular complexity index is 1950. The predicted molar refractivity (Wildman–Crippen MR) is 180 cm³/mol. The number of carbonyl (C=O) groups is 1. The molecule has 2 bridgehead atoms. The van der Waals surface area contributed by atoms with Gasteiger partial charge in [0.15, 0.2) is 12.0 Å². The van der Waals surface area contributed by atoms with Crippen molar-refractivity contribution in [3.63, 3.8) is 0 Å². The monoisotopic (exact) mass is 690 g/mol. The van der Waals surface area contributed by atoms with Crippen LogP contribution < -0.4 is 10.0 Å². The van der Waals surface area contributed by atoms with Crippen LogP contribution in [0.5, 0.6) is 0 Å². The average molecular weight is 691 g/mol. The Morgan fingerprint density at radius 1 is 1.15 bits per heavy atom. The van der Waals surface area contributed by atoms with Gasteiger partial charge >= 0.3 is 0 Å². The first-order valence-electron chi connectivity index (χ1n) is 15.7. The van der Waals surface area contributed by atoms with Gasteiger partial charge in [0.25, 0.3) is 0 Å². The molecule has 2 N–H and O–H groups in total. The zero-order valence-corrected chi connectivity index (χ0v) is 28.6. The highest BCUT2D eigenvalue weighted by molar-refractivity contribution is 6.76. The van der Waals surface area contributed by atoms with Gasteiger partial charge in [0, 0.05) is 55.1 Å². The third kappa shape index (κ3) is 7.16. The molecule has 1 aliphatic heterocycles. The van der Waals surface area contributed by atoms with Crippen molar-refractivity contribution in [1.29, 1.82) is 0 Å². The van der Waals surface area contributed by atoms with Crippen LogP contribution in [-0.4, -0.2) is 55.5 Å². The Hall–Kier alpha value is -4.50. The zero-order chi connectivity index (χ0) is 34.1. The molecular formula is C33H36ClFN8O4Si. The SMILES string of the molecule is C[Si](C)(C)CCOCn1cc2nc1C(O)(c1ccc(-c3cc(Cl)ccc3-n3cnnn3)c[n+]1[O-])CCCCC(=O)Nc1ccc(F)cc1-2. The summed E-state index contributed by atoms with van der Waals surface area (Å²) in [6.45, 7) is 7.30. The van der Waals surface area contributed by atoms with E-state index >= 15 is 0 Å². The van der Waals surface area contributed by atoms with Crippen LogP contribution in [0.1, 0.15) is 37.2 Å². The van der Waals surface area contributed by atoms with E-state index in [0.717, 1.165) is 6.04 Å². The number of fused-ring (bicyclic) bond motifs is 4. The second-order valence-electron chi connectivity index (χ2n) is 13.1. The molecule has 48 heavy (non-hydrogen) atoms. The summed E-state index contributed by atoms with van der Waals surface area (Å²) in [5.74, 6) is -0.588. The number of hydrogen-bond acceptors (Lipinski definition) is 8. The first kappa shape index (κ1) is 33.4. The Kier molecular flexibility index (Phi) is 9.43. The van der Waals surface area contributed by atoms with Gasteiger partial charge in [-0.25, -0.2) is 9.37 Å². The standard InChI is InChI=1S/C33H36ClFN8O4Si/c1-48(2,3)15-14-47-21-41-19-28-26-17-24(35)9-10-27(26)37-31(44)6-4-5-13-33(45,32(41)38-28)30-12-7-22(18-43(30)46)25-16-23(34)8-11-29(25)42-20-36-39-40-42/h7-12,16-20,45H,4-6,13-15,21H2,1-3H3,(H,37,44). The Morgan fingerprint density at radius 2 is 1.98 bits per heavy atom. The van der Waals surface area contributed by atoms with Crippen molar-refractivity contribution in [3.05, 3.63) is 94.8 Å².